The molecular formula is C11H16N4O3. The summed E-state index contributed by atoms with van der Waals surface area (Å²) in [4.78, 5) is 25.1. The van der Waals surface area contributed by atoms with Crippen LogP contribution in [-0.2, 0) is 4.79 Å². The number of rotatable bonds is 3. The molecule has 0 saturated carbocycles. The summed E-state index contributed by atoms with van der Waals surface area (Å²) < 4.78 is 4.79. The number of carbonyl (C=O) groups is 2. The van der Waals surface area contributed by atoms with Crippen molar-refractivity contribution in [2.24, 2.45) is 0 Å². The first-order valence-corrected chi connectivity index (χ1v) is 5.87. The third-order valence-corrected chi connectivity index (χ3v) is 2.73. The van der Waals surface area contributed by atoms with Gasteiger partial charge in [0.15, 0.2) is 5.69 Å². The van der Waals surface area contributed by atoms with E-state index >= 15 is 0 Å². The van der Waals surface area contributed by atoms with Gasteiger partial charge in [-0.2, -0.15) is 0 Å². The zero-order chi connectivity index (χ0) is 13.0. The lowest BCUT2D eigenvalue weighted by Crippen LogP contribution is -2.49. The van der Waals surface area contributed by atoms with E-state index in [0.29, 0.717) is 18.8 Å². The Bertz CT molecular complexity index is 437. The zero-order valence-electron chi connectivity index (χ0n) is 10.2. The Kier molecular flexibility index (Phi) is 3.93. The Morgan fingerprint density at radius 2 is 2.22 bits per heavy atom. The molecule has 0 spiro atoms. The van der Waals surface area contributed by atoms with E-state index in [1.807, 2.05) is 0 Å². The summed E-state index contributed by atoms with van der Waals surface area (Å²) in [5, 5.41) is 9.28. The Morgan fingerprint density at radius 3 is 2.83 bits per heavy atom. The largest absolute Gasteiger partial charge is 0.361 e. The van der Waals surface area contributed by atoms with Crippen LogP contribution in [0, 0.1) is 6.92 Å². The highest BCUT2D eigenvalue weighted by Crippen LogP contribution is 2.01. The molecule has 98 valence electrons. The molecule has 1 aliphatic rings. The van der Waals surface area contributed by atoms with Crippen molar-refractivity contribution in [2.75, 3.05) is 32.7 Å². The van der Waals surface area contributed by atoms with E-state index in [9.17, 15) is 9.59 Å². The second-order valence-corrected chi connectivity index (χ2v) is 4.14. The normalized spacial score (nSPS) is 15.5. The number of aromatic nitrogens is 1. The molecule has 1 aliphatic heterocycles. The number of piperazine rings is 1. The van der Waals surface area contributed by atoms with E-state index < -0.39 is 5.91 Å². The van der Waals surface area contributed by atoms with Crippen molar-refractivity contribution in [3.8, 4) is 0 Å². The van der Waals surface area contributed by atoms with Crippen LogP contribution in [-0.4, -0.2) is 54.6 Å². The van der Waals surface area contributed by atoms with Crippen LogP contribution < -0.4 is 10.6 Å². The monoisotopic (exact) mass is 252 g/mol. The van der Waals surface area contributed by atoms with Gasteiger partial charge in [-0.05, 0) is 6.92 Å². The first-order chi connectivity index (χ1) is 8.66. The van der Waals surface area contributed by atoms with Crippen molar-refractivity contribution >= 4 is 11.8 Å². The van der Waals surface area contributed by atoms with Gasteiger partial charge in [-0.3, -0.25) is 9.59 Å². The second-order valence-electron chi connectivity index (χ2n) is 4.14. The van der Waals surface area contributed by atoms with Gasteiger partial charge in [0.1, 0.15) is 5.76 Å². The molecular weight excluding hydrogens is 236 g/mol. The highest BCUT2D eigenvalue weighted by atomic mass is 16.5. The molecule has 0 radical (unpaired) electrons. The Labute approximate surface area is 104 Å². The molecule has 1 aromatic heterocycles. The number of nitrogens with one attached hydrogen (secondary N) is 2. The lowest BCUT2D eigenvalue weighted by molar-refractivity contribution is -0.130. The Hall–Kier alpha value is -1.89. The zero-order valence-corrected chi connectivity index (χ0v) is 10.2. The van der Waals surface area contributed by atoms with Crippen LogP contribution in [0.1, 0.15) is 16.2 Å². The summed E-state index contributed by atoms with van der Waals surface area (Å²) in [6.07, 6.45) is 0. The van der Waals surface area contributed by atoms with Crippen LogP contribution >= 0.6 is 0 Å². The van der Waals surface area contributed by atoms with Crippen LogP contribution in [0.2, 0.25) is 0 Å². The molecule has 2 N–H and O–H groups in total. The summed E-state index contributed by atoms with van der Waals surface area (Å²) in [5.41, 5.74) is 0.195. The molecule has 0 unspecified atom stereocenters. The van der Waals surface area contributed by atoms with Gasteiger partial charge in [-0.25, -0.2) is 0 Å². The summed E-state index contributed by atoms with van der Waals surface area (Å²) in [6, 6.07) is 1.53. The molecule has 2 heterocycles. The average molecular weight is 252 g/mol. The Balaban J connectivity index is 1.80. The van der Waals surface area contributed by atoms with E-state index in [2.05, 4.69) is 15.8 Å². The predicted octanol–water partition coefficient (Wildman–Crippen LogP) is -0.855. The minimum atomic E-state index is -0.393. The van der Waals surface area contributed by atoms with Gasteiger partial charge in [0.2, 0.25) is 5.91 Å². The summed E-state index contributed by atoms with van der Waals surface area (Å²) in [7, 11) is 0. The van der Waals surface area contributed by atoms with E-state index in [0.717, 1.165) is 13.1 Å². The molecule has 2 rings (SSSR count). The van der Waals surface area contributed by atoms with Gasteiger partial charge in [-0.15, -0.1) is 0 Å². The van der Waals surface area contributed by atoms with Crippen LogP contribution in [0.3, 0.4) is 0 Å². The molecule has 0 atom stereocenters. The first kappa shape index (κ1) is 12.6. The van der Waals surface area contributed by atoms with Crippen molar-refractivity contribution in [2.45, 2.75) is 6.92 Å². The second kappa shape index (κ2) is 5.63. The van der Waals surface area contributed by atoms with Gasteiger partial charge in [0.05, 0.1) is 6.54 Å². The smallest absolute Gasteiger partial charge is 0.273 e. The molecule has 0 aromatic carbocycles. The Morgan fingerprint density at radius 1 is 1.50 bits per heavy atom. The lowest BCUT2D eigenvalue weighted by Gasteiger charge is -2.27. The molecule has 0 bridgehead atoms. The SMILES string of the molecule is Cc1cc(C(=O)NCC(=O)N2CCNCC2)no1. The van der Waals surface area contributed by atoms with Crippen molar-refractivity contribution in [3.05, 3.63) is 17.5 Å². The highest BCUT2D eigenvalue weighted by molar-refractivity contribution is 5.94. The highest BCUT2D eigenvalue weighted by Gasteiger charge is 2.18. The maximum atomic E-state index is 11.8. The van der Waals surface area contributed by atoms with E-state index in [1.54, 1.807) is 11.8 Å². The molecule has 18 heavy (non-hydrogen) atoms. The van der Waals surface area contributed by atoms with Crippen molar-refractivity contribution in [1.82, 2.24) is 20.7 Å². The number of carbonyl (C=O) groups excluding carboxylic acids is 2. The van der Waals surface area contributed by atoms with Crippen LogP contribution in [0.4, 0.5) is 0 Å². The van der Waals surface area contributed by atoms with Gasteiger partial charge in [-0.1, -0.05) is 5.16 Å². The average Bonchev–Trinajstić information content (AvgIpc) is 2.83. The third kappa shape index (κ3) is 3.07. The topological polar surface area (TPSA) is 87.5 Å². The van der Waals surface area contributed by atoms with Crippen LogP contribution in [0.5, 0.6) is 0 Å². The van der Waals surface area contributed by atoms with Crippen molar-refractivity contribution in [3.63, 3.8) is 0 Å². The number of amides is 2. The molecule has 1 aromatic rings. The number of nitrogens with zero attached hydrogens (tertiary/aromatic N) is 2. The summed E-state index contributed by atoms with van der Waals surface area (Å²) >= 11 is 0. The van der Waals surface area contributed by atoms with Crippen molar-refractivity contribution < 1.29 is 14.1 Å². The fraction of sp³-hybridized carbons (Fsp3) is 0.545. The third-order valence-electron chi connectivity index (χ3n) is 2.73. The summed E-state index contributed by atoms with van der Waals surface area (Å²) in [5.74, 6) is 0.0917. The summed E-state index contributed by atoms with van der Waals surface area (Å²) in [6.45, 7) is 4.64. The van der Waals surface area contributed by atoms with E-state index in [-0.39, 0.29) is 18.1 Å². The van der Waals surface area contributed by atoms with Crippen molar-refractivity contribution in [1.29, 1.82) is 0 Å². The van der Waals surface area contributed by atoms with Gasteiger partial charge >= 0.3 is 0 Å². The van der Waals surface area contributed by atoms with E-state index in [1.165, 1.54) is 6.07 Å². The molecule has 7 heteroatoms. The van der Waals surface area contributed by atoms with E-state index in [4.69, 9.17) is 4.52 Å². The van der Waals surface area contributed by atoms with Gasteiger partial charge in [0.25, 0.3) is 5.91 Å². The fourth-order valence-corrected chi connectivity index (χ4v) is 1.75. The molecule has 2 amide bonds. The van der Waals surface area contributed by atoms with Gasteiger partial charge < -0.3 is 20.1 Å². The maximum Gasteiger partial charge on any atom is 0.273 e. The molecule has 7 nitrogen and oxygen atoms in total. The number of hydrogen-bond donors (Lipinski definition) is 2. The minimum Gasteiger partial charge on any atom is -0.361 e. The molecule has 1 saturated heterocycles. The maximum absolute atomic E-state index is 11.8. The predicted molar refractivity (Wildman–Crippen MR) is 63.0 cm³/mol. The van der Waals surface area contributed by atoms with Crippen LogP contribution in [0.25, 0.3) is 0 Å². The standard InChI is InChI=1S/C11H16N4O3/c1-8-6-9(14-18-8)11(17)13-7-10(16)15-4-2-12-3-5-15/h6,12H,2-5,7H2,1H3,(H,13,17). The number of aryl methyl sites for hydroxylation is 1. The minimum absolute atomic E-state index is 0.00919. The quantitative estimate of drug-likeness (QED) is 0.731. The lowest BCUT2D eigenvalue weighted by atomic mass is 10.3. The fourth-order valence-electron chi connectivity index (χ4n) is 1.75. The molecule has 1 fully saturated rings. The number of hydrogen-bond acceptors (Lipinski definition) is 5. The first-order valence-electron chi connectivity index (χ1n) is 5.87. The molecule has 0 aliphatic carbocycles. The van der Waals surface area contributed by atoms with Gasteiger partial charge in [0, 0.05) is 32.2 Å². The van der Waals surface area contributed by atoms with Crippen LogP contribution in [0.15, 0.2) is 10.6 Å².